The Morgan fingerprint density at radius 2 is 1.79 bits per heavy atom. The molecular weight excluding hydrogens is 174 g/mol. The van der Waals surface area contributed by atoms with Crippen LogP contribution in [0.2, 0.25) is 0 Å². The Morgan fingerprint density at radius 1 is 1.07 bits per heavy atom. The molecule has 0 unspecified atom stereocenters. The molecule has 0 fully saturated rings. The summed E-state index contributed by atoms with van der Waals surface area (Å²) >= 11 is 0. The maximum absolute atomic E-state index is 3.98. The average Bonchev–Trinajstić information content (AvgIpc) is 2.25. The Hall–Kier alpha value is -0.930. The molecule has 0 aliphatic rings. The molecule has 14 heavy (non-hydrogen) atoms. The van der Waals surface area contributed by atoms with E-state index in [2.05, 4.69) is 34.7 Å². The summed E-state index contributed by atoms with van der Waals surface area (Å²) < 4.78 is 0. The van der Waals surface area contributed by atoms with Crippen molar-refractivity contribution >= 4 is 0 Å². The van der Waals surface area contributed by atoms with Crippen molar-refractivity contribution in [3.63, 3.8) is 0 Å². The van der Waals surface area contributed by atoms with Crippen molar-refractivity contribution in [2.75, 3.05) is 26.2 Å². The summed E-state index contributed by atoms with van der Waals surface area (Å²) in [6.07, 6.45) is 4.76. The molecule has 0 aliphatic carbocycles. The lowest BCUT2D eigenvalue weighted by Crippen LogP contribution is -2.28. The van der Waals surface area contributed by atoms with E-state index in [1.165, 1.54) is 5.56 Å². The highest BCUT2D eigenvalue weighted by molar-refractivity contribution is 5.09. The van der Waals surface area contributed by atoms with Crippen molar-refractivity contribution < 1.29 is 0 Å². The van der Waals surface area contributed by atoms with Gasteiger partial charge in [-0.25, -0.2) is 0 Å². The summed E-state index contributed by atoms with van der Waals surface area (Å²) in [5, 5.41) is 6.66. The Morgan fingerprint density at radius 3 is 2.50 bits per heavy atom. The van der Waals surface area contributed by atoms with Gasteiger partial charge in [-0.3, -0.25) is 4.98 Å². The van der Waals surface area contributed by atoms with Gasteiger partial charge in [-0.15, -0.1) is 0 Å². The van der Waals surface area contributed by atoms with Gasteiger partial charge in [0.15, 0.2) is 0 Å². The zero-order valence-corrected chi connectivity index (χ0v) is 8.79. The number of nitrogens with one attached hydrogen (secondary N) is 2. The molecule has 0 radical (unpaired) electrons. The van der Waals surface area contributed by atoms with Crippen LogP contribution in [0, 0.1) is 0 Å². The van der Waals surface area contributed by atoms with E-state index in [1.807, 2.05) is 12.4 Å². The maximum atomic E-state index is 3.98. The average molecular weight is 193 g/mol. The standard InChI is InChI=1S/C11H19N3/c1-2-12-9-10-14-8-5-11-3-6-13-7-4-11/h3-4,6-7,12,14H,2,5,8-10H2,1H3. The summed E-state index contributed by atoms with van der Waals surface area (Å²) in [7, 11) is 0. The molecule has 78 valence electrons. The van der Waals surface area contributed by atoms with E-state index < -0.39 is 0 Å². The van der Waals surface area contributed by atoms with Crippen molar-refractivity contribution in [3.8, 4) is 0 Å². The minimum Gasteiger partial charge on any atom is -0.316 e. The number of hydrogen-bond donors (Lipinski definition) is 2. The predicted octanol–water partition coefficient (Wildman–Crippen LogP) is 0.823. The number of aromatic nitrogens is 1. The van der Waals surface area contributed by atoms with E-state index >= 15 is 0 Å². The molecule has 0 aromatic carbocycles. The molecule has 0 saturated carbocycles. The van der Waals surface area contributed by atoms with E-state index in [9.17, 15) is 0 Å². The van der Waals surface area contributed by atoms with Crippen LogP contribution in [0.15, 0.2) is 24.5 Å². The highest BCUT2D eigenvalue weighted by Crippen LogP contribution is 1.95. The summed E-state index contributed by atoms with van der Waals surface area (Å²) in [5.41, 5.74) is 1.34. The zero-order chi connectivity index (χ0) is 10.1. The number of pyridine rings is 1. The molecule has 0 atom stereocenters. The third-order valence-electron chi connectivity index (χ3n) is 2.07. The molecule has 1 aromatic rings. The van der Waals surface area contributed by atoms with Gasteiger partial charge < -0.3 is 10.6 Å². The van der Waals surface area contributed by atoms with Gasteiger partial charge in [-0.05, 0) is 37.2 Å². The zero-order valence-electron chi connectivity index (χ0n) is 8.79. The summed E-state index contributed by atoms with van der Waals surface area (Å²) in [5.74, 6) is 0. The number of likely N-dealkylation sites (N-methyl/N-ethyl adjacent to an activating group) is 1. The van der Waals surface area contributed by atoms with Crippen molar-refractivity contribution in [3.05, 3.63) is 30.1 Å². The molecular formula is C11H19N3. The SMILES string of the molecule is CCNCCNCCc1ccncc1. The molecule has 3 nitrogen and oxygen atoms in total. The monoisotopic (exact) mass is 193 g/mol. The van der Waals surface area contributed by atoms with Gasteiger partial charge in [0.25, 0.3) is 0 Å². The minimum atomic E-state index is 1.04. The molecule has 0 spiro atoms. The van der Waals surface area contributed by atoms with Crippen LogP contribution in [0.4, 0.5) is 0 Å². The number of rotatable bonds is 7. The van der Waals surface area contributed by atoms with Crippen molar-refractivity contribution in [1.82, 2.24) is 15.6 Å². The highest BCUT2D eigenvalue weighted by Gasteiger charge is 1.90. The fourth-order valence-corrected chi connectivity index (χ4v) is 1.26. The Balaban J connectivity index is 1.99. The second-order valence-corrected chi connectivity index (χ2v) is 3.21. The molecule has 2 N–H and O–H groups in total. The molecule has 0 amide bonds. The number of nitrogens with zero attached hydrogens (tertiary/aromatic N) is 1. The van der Waals surface area contributed by atoms with Gasteiger partial charge in [0.1, 0.15) is 0 Å². The van der Waals surface area contributed by atoms with Crippen molar-refractivity contribution in [1.29, 1.82) is 0 Å². The summed E-state index contributed by atoms with van der Waals surface area (Å²) in [4.78, 5) is 3.98. The first kappa shape index (κ1) is 11.1. The second kappa shape index (κ2) is 7.47. The van der Waals surface area contributed by atoms with E-state index in [0.29, 0.717) is 0 Å². The Bertz CT molecular complexity index is 223. The van der Waals surface area contributed by atoms with Gasteiger partial charge in [0.2, 0.25) is 0 Å². The third kappa shape index (κ3) is 4.94. The van der Waals surface area contributed by atoms with E-state index in [0.717, 1.165) is 32.6 Å². The highest BCUT2D eigenvalue weighted by atomic mass is 14.9. The Labute approximate surface area is 85.9 Å². The van der Waals surface area contributed by atoms with Gasteiger partial charge in [0.05, 0.1) is 0 Å². The van der Waals surface area contributed by atoms with Crippen LogP contribution < -0.4 is 10.6 Å². The van der Waals surface area contributed by atoms with Crippen LogP contribution in [0.5, 0.6) is 0 Å². The first-order valence-electron chi connectivity index (χ1n) is 5.24. The smallest absolute Gasteiger partial charge is 0.0270 e. The quantitative estimate of drug-likeness (QED) is 0.630. The van der Waals surface area contributed by atoms with Crippen LogP contribution in [-0.4, -0.2) is 31.2 Å². The van der Waals surface area contributed by atoms with Crippen LogP contribution in [-0.2, 0) is 6.42 Å². The third-order valence-corrected chi connectivity index (χ3v) is 2.07. The Kier molecular flexibility index (Phi) is 5.95. The topological polar surface area (TPSA) is 37.0 Å². The molecule has 1 heterocycles. The van der Waals surface area contributed by atoms with Crippen LogP contribution >= 0.6 is 0 Å². The molecule has 0 bridgehead atoms. The van der Waals surface area contributed by atoms with Gasteiger partial charge in [0, 0.05) is 25.5 Å². The lowest BCUT2D eigenvalue weighted by molar-refractivity contribution is 0.624. The fourth-order valence-electron chi connectivity index (χ4n) is 1.26. The van der Waals surface area contributed by atoms with Crippen molar-refractivity contribution in [2.45, 2.75) is 13.3 Å². The van der Waals surface area contributed by atoms with Gasteiger partial charge in [-0.2, -0.15) is 0 Å². The van der Waals surface area contributed by atoms with Crippen molar-refractivity contribution in [2.24, 2.45) is 0 Å². The van der Waals surface area contributed by atoms with Crippen LogP contribution in [0.1, 0.15) is 12.5 Å². The second-order valence-electron chi connectivity index (χ2n) is 3.21. The number of hydrogen-bond acceptors (Lipinski definition) is 3. The molecule has 3 heteroatoms. The van der Waals surface area contributed by atoms with E-state index in [-0.39, 0.29) is 0 Å². The largest absolute Gasteiger partial charge is 0.316 e. The lowest BCUT2D eigenvalue weighted by atomic mass is 10.2. The lowest BCUT2D eigenvalue weighted by Gasteiger charge is -2.04. The molecule has 1 rings (SSSR count). The van der Waals surface area contributed by atoms with Crippen LogP contribution in [0.25, 0.3) is 0 Å². The van der Waals surface area contributed by atoms with Gasteiger partial charge in [-0.1, -0.05) is 6.92 Å². The molecule has 0 saturated heterocycles. The van der Waals surface area contributed by atoms with Crippen LogP contribution in [0.3, 0.4) is 0 Å². The first-order chi connectivity index (χ1) is 6.93. The molecule has 1 aromatic heterocycles. The summed E-state index contributed by atoms with van der Waals surface area (Å²) in [6, 6.07) is 4.12. The van der Waals surface area contributed by atoms with E-state index in [1.54, 1.807) is 0 Å². The molecule has 0 aliphatic heterocycles. The fraction of sp³-hybridized carbons (Fsp3) is 0.545. The first-order valence-corrected chi connectivity index (χ1v) is 5.24. The normalized spacial score (nSPS) is 10.4. The van der Waals surface area contributed by atoms with Gasteiger partial charge >= 0.3 is 0 Å². The predicted molar refractivity (Wildman–Crippen MR) is 59.4 cm³/mol. The summed E-state index contributed by atoms with van der Waals surface area (Å²) in [6.45, 7) is 6.30. The minimum absolute atomic E-state index is 1.04. The van der Waals surface area contributed by atoms with E-state index in [4.69, 9.17) is 0 Å². The maximum Gasteiger partial charge on any atom is 0.0270 e.